The summed E-state index contributed by atoms with van der Waals surface area (Å²) in [5, 5.41) is 0.713. The van der Waals surface area contributed by atoms with Gasteiger partial charge < -0.3 is 0 Å². The number of hydrogen-bond acceptors (Lipinski definition) is 1. The average molecular weight is 271 g/mol. The minimum Gasteiger partial charge on any atom is -0.299 e. The van der Waals surface area contributed by atoms with Gasteiger partial charge in [-0.2, -0.15) is 0 Å². The van der Waals surface area contributed by atoms with E-state index < -0.39 is 0 Å². The number of rotatable bonds is 4. The van der Waals surface area contributed by atoms with Gasteiger partial charge >= 0.3 is 0 Å². The zero-order valence-corrected chi connectivity index (χ0v) is 11.3. The molecular weight excluding hydrogens is 256 g/mol. The maximum absolute atomic E-state index is 12.2. The molecule has 0 spiro atoms. The molecule has 2 atom stereocenters. The average Bonchev–Trinajstić information content (AvgIpc) is 3.23. The molecule has 2 heteroatoms. The predicted octanol–water partition coefficient (Wildman–Crippen LogP) is 4.26. The van der Waals surface area contributed by atoms with Crippen molar-refractivity contribution in [2.75, 3.05) is 0 Å². The second kappa shape index (κ2) is 5.18. The van der Waals surface area contributed by atoms with Crippen molar-refractivity contribution in [3.63, 3.8) is 0 Å². The highest BCUT2D eigenvalue weighted by Gasteiger charge is 2.43. The van der Waals surface area contributed by atoms with Gasteiger partial charge in [-0.1, -0.05) is 54.1 Å². The first-order valence-corrected chi connectivity index (χ1v) is 6.94. The van der Waals surface area contributed by atoms with E-state index in [-0.39, 0.29) is 5.92 Å². The smallest absolute Gasteiger partial charge is 0.140 e. The summed E-state index contributed by atoms with van der Waals surface area (Å²) in [6.45, 7) is 0. The van der Waals surface area contributed by atoms with Gasteiger partial charge in [0, 0.05) is 17.4 Å². The molecule has 0 bridgehead atoms. The van der Waals surface area contributed by atoms with Gasteiger partial charge in [0.05, 0.1) is 0 Å². The van der Waals surface area contributed by atoms with E-state index in [2.05, 4.69) is 12.1 Å². The molecule has 0 radical (unpaired) electrons. The molecule has 0 heterocycles. The van der Waals surface area contributed by atoms with Gasteiger partial charge in [-0.3, -0.25) is 4.79 Å². The number of hydrogen-bond donors (Lipinski definition) is 0. The number of carbonyl (C=O) groups excluding carboxylic acids is 1. The molecule has 0 saturated heterocycles. The number of ketones is 1. The van der Waals surface area contributed by atoms with E-state index in [0.717, 1.165) is 12.0 Å². The Morgan fingerprint density at radius 3 is 2.42 bits per heavy atom. The molecule has 3 rings (SSSR count). The van der Waals surface area contributed by atoms with Gasteiger partial charge in [0.25, 0.3) is 0 Å². The topological polar surface area (TPSA) is 17.1 Å². The third-order valence-corrected chi connectivity index (χ3v) is 3.98. The van der Waals surface area contributed by atoms with Crippen molar-refractivity contribution < 1.29 is 4.79 Å². The lowest BCUT2D eigenvalue weighted by atomic mass is 10.0. The van der Waals surface area contributed by atoms with Crippen LogP contribution in [0.5, 0.6) is 0 Å². The Balaban J connectivity index is 1.63. The molecule has 0 aliphatic heterocycles. The molecule has 1 nitrogen and oxygen atoms in total. The van der Waals surface area contributed by atoms with Crippen LogP contribution in [0.2, 0.25) is 5.02 Å². The van der Waals surface area contributed by atoms with Crippen LogP contribution >= 0.6 is 11.6 Å². The van der Waals surface area contributed by atoms with Crippen LogP contribution in [-0.2, 0) is 11.2 Å². The third kappa shape index (κ3) is 2.87. The van der Waals surface area contributed by atoms with Gasteiger partial charge in [0.1, 0.15) is 5.78 Å². The number of benzene rings is 2. The van der Waals surface area contributed by atoms with Gasteiger partial charge in [-0.05, 0) is 35.6 Å². The van der Waals surface area contributed by atoms with Crippen molar-refractivity contribution in [1.82, 2.24) is 0 Å². The standard InChI is InChI=1S/C17H15ClO/c18-14-8-6-12(7-9-14)10-17(19)16-11-15(16)13-4-2-1-3-5-13/h1-9,15-16H,10-11H2. The van der Waals surface area contributed by atoms with Gasteiger partial charge in [-0.25, -0.2) is 0 Å². The van der Waals surface area contributed by atoms with Crippen molar-refractivity contribution in [3.05, 3.63) is 70.7 Å². The summed E-state index contributed by atoms with van der Waals surface area (Å²) in [4.78, 5) is 12.2. The van der Waals surface area contributed by atoms with Crippen LogP contribution in [0.25, 0.3) is 0 Å². The summed E-state index contributed by atoms with van der Waals surface area (Å²) in [5.41, 5.74) is 2.34. The molecule has 1 fully saturated rings. The lowest BCUT2D eigenvalue weighted by Crippen LogP contribution is -2.06. The fourth-order valence-electron chi connectivity index (χ4n) is 2.55. The summed E-state index contributed by atoms with van der Waals surface area (Å²) >= 11 is 5.84. The Labute approximate surface area is 118 Å². The van der Waals surface area contributed by atoms with Crippen molar-refractivity contribution in [2.24, 2.45) is 5.92 Å². The second-order valence-corrected chi connectivity index (χ2v) is 5.57. The summed E-state index contributed by atoms with van der Waals surface area (Å²) < 4.78 is 0. The molecule has 0 aromatic heterocycles. The first-order chi connectivity index (χ1) is 9.24. The fraction of sp³-hybridized carbons (Fsp3) is 0.235. The predicted molar refractivity (Wildman–Crippen MR) is 77.5 cm³/mol. The Bertz CT molecular complexity index is 574. The molecule has 19 heavy (non-hydrogen) atoms. The minimum atomic E-state index is 0.207. The van der Waals surface area contributed by atoms with Gasteiger partial charge in [0.15, 0.2) is 0 Å². The maximum atomic E-state index is 12.2. The van der Waals surface area contributed by atoms with Crippen LogP contribution in [0.4, 0.5) is 0 Å². The molecule has 2 aromatic carbocycles. The zero-order chi connectivity index (χ0) is 13.2. The van der Waals surface area contributed by atoms with E-state index in [9.17, 15) is 4.79 Å². The monoisotopic (exact) mass is 270 g/mol. The number of Topliss-reactive ketones (excluding diaryl/α,β-unsaturated/α-hetero) is 1. The first-order valence-electron chi connectivity index (χ1n) is 6.56. The van der Waals surface area contributed by atoms with E-state index >= 15 is 0 Å². The second-order valence-electron chi connectivity index (χ2n) is 5.13. The Morgan fingerprint density at radius 2 is 1.74 bits per heavy atom. The van der Waals surface area contributed by atoms with Gasteiger partial charge in [-0.15, -0.1) is 0 Å². The van der Waals surface area contributed by atoms with E-state index in [1.165, 1.54) is 5.56 Å². The van der Waals surface area contributed by atoms with E-state index in [4.69, 9.17) is 11.6 Å². The van der Waals surface area contributed by atoms with E-state index in [0.29, 0.717) is 23.1 Å². The molecule has 0 amide bonds. The highest BCUT2D eigenvalue weighted by Crippen LogP contribution is 2.48. The van der Waals surface area contributed by atoms with Crippen LogP contribution < -0.4 is 0 Å². The Morgan fingerprint density at radius 1 is 1.05 bits per heavy atom. The minimum absolute atomic E-state index is 0.207. The molecule has 1 aliphatic carbocycles. The molecular formula is C17H15ClO. The van der Waals surface area contributed by atoms with Crippen LogP contribution in [0, 0.1) is 5.92 Å². The number of halogens is 1. The lowest BCUT2D eigenvalue weighted by molar-refractivity contribution is -0.119. The molecule has 2 aromatic rings. The van der Waals surface area contributed by atoms with Crippen molar-refractivity contribution in [2.45, 2.75) is 18.8 Å². The Kier molecular flexibility index (Phi) is 3.39. The quantitative estimate of drug-likeness (QED) is 0.811. The summed E-state index contributed by atoms with van der Waals surface area (Å²) in [6, 6.07) is 17.8. The SMILES string of the molecule is O=C(Cc1ccc(Cl)cc1)C1CC1c1ccccc1. The van der Waals surface area contributed by atoms with Crippen LogP contribution in [0.1, 0.15) is 23.5 Å². The first kappa shape index (κ1) is 12.4. The van der Waals surface area contributed by atoms with Crippen LogP contribution in [0.3, 0.4) is 0 Å². The maximum Gasteiger partial charge on any atom is 0.140 e. The van der Waals surface area contributed by atoms with Gasteiger partial charge in [0.2, 0.25) is 0 Å². The largest absolute Gasteiger partial charge is 0.299 e. The molecule has 96 valence electrons. The van der Waals surface area contributed by atoms with Crippen molar-refractivity contribution >= 4 is 17.4 Å². The lowest BCUT2D eigenvalue weighted by Gasteiger charge is -2.02. The highest BCUT2D eigenvalue weighted by molar-refractivity contribution is 6.30. The normalized spacial score (nSPS) is 21.1. The van der Waals surface area contributed by atoms with E-state index in [1.807, 2.05) is 42.5 Å². The Hall–Kier alpha value is -1.60. The summed E-state index contributed by atoms with van der Waals surface area (Å²) in [7, 11) is 0. The van der Waals surface area contributed by atoms with E-state index in [1.54, 1.807) is 0 Å². The fourth-order valence-corrected chi connectivity index (χ4v) is 2.68. The molecule has 2 unspecified atom stereocenters. The highest BCUT2D eigenvalue weighted by atomic mass is 35.5. The molecule has 1 aliphatic rings. The summed E-state index contributed by atoms with van der Waals surface area (Å²) in [5.74, 6) is 0.982. The zero-order valence-electron chi connectivity index (χ0n) is 10.6. The third-order valence-electron chi connectivity index (χ3n) is 3.72. The van der Waals surface area contributed by atoms with Crippen molar-refractivity contribution in [3.8, 4) is 0 Å². The molecule has 0 N–H and O–H groups in total. The number of carbonyl (C=O) groups is 1. The van der Waals surface area contributed by atoms with Crippen LogP contribution in [0.15, 0.2) is 54.6 Å². The van der Waals surface area contributed by atoms with Crippen LogP contribution in [-0.4, -0.2) is 5.78 Å². The molecule has 1 saturated carbocycles. The van der Waals surface area contributed by atoms with Crippen molar-refractivity contribution in [1.29, 1.82) is 0 Å². The summed E-state index contributed by atoms with van der Waals surface area (Å²) in [6.07, 6.45) is 1.52.